The van der Waals surface area contributed by atoms with E-state index in [0.717, 1.165) is 5.92 Å². The second-order valence-corrected chi connectivity index (χ2v) is 4.95. The van der Waals surface area contributed by atoms with Crippen LogP contribution in [0.15, 0.2) is 18.2 Å². The van der Waals surface area contributed by atoms with Crippen molar-refractivity contribution in [3.8, 4) is 5.75 Å². The van der Waals surface area contributed by atoms with Gasteiger partial charge in [0.25, 0.3) is 0 Å². The van der Waals surface area contributed by atoms with Gasteiger partial charge in [-0.1, -0.05) is 13.0 Å². The molecule has 94 valence electrons. The van der Waals surface area contributed by atoms with E-state index >= 15 is 0 Å². The summed E-state index contributed by atoms with van der Waals surface area (Å²) in [6.07, 6.45) is 3.69. The first-order chi connectivity index (χ1) is 8.19. The molecule has 0 aliphatic heterocycles. The molecular weight excluding hydrogens is 217 g/mol. The van der Waals surface area contributed by atoms with E-state index in [-0.39, 0.29) is 5.82 Å². The summed E-state index contributed by atoms with van der Waals surface area (Å²) >= 11 is 0. The van der Waals surface area contributed by atoms with Crippen molar-refractivity contribution < 1.29 is 9.13 Å². The van der Waals surface area contributed by atoms with Gasteiger partial charge in [0.05, 0.1) is 7.11 Å². The van der Waals surface area contributed by atoms with Crippen LogP contribution in [0.5, 0.6) is 5.75 Å². The fraction of sp³-hybridized carbons (Fsp3) is 0.571. The van der Waals surface area contributed by atoms with Crippen molar-refractivity contribution in [3.63, 3.8) is 0 Å². The van der Waals surface area contributed by atoms with E-state index in [9.17, 15) is 4.39 Å². The van der Waals surface area contributed by atoms with Crippen LogP contribution >= 0.6 is 0 Å². The SMILES string of the molecule is COc1ccc(CNC2CCC(C)C2)c(F)c1. The van der Waals surface area contributed by atoms with Crippen LogP contribution in [0.25, 0.3) is 0 Å². The first kappa shape index (κ1) is 12.4. The Morgan fingerprint density at radius 1 is 1.41 bits per heavy atom. The summed E-state index contributed by atoms with van der Waals surface area (Å²) in [5.41, 5.74) is 0.713. The average molecular weight is 237 g/mol. The quantitative estimate of drug-likeness (QED) is 0.868. The lowest BCUT2D eigenvalue weighted by Crippen LogP contribution is -2.26. The third kappa shape index (κ3) is 3.19. The van der Waals surface area contributed by atoms with E-state index in [4.69, 9.17) is 4.74 Å². The summed E-state index contributed by atoms with van der Waals surface area (Å²) in [4.78, 5) is 0. The Balaban J connectivity index is 1.90. The monoisotopic (exact) mass is 237 g/mol. The second kappa shape index (κ2) is 5.50. The van der Waals surface area contributed by atoms with E-state index in [1.54, 1.807) is 19.2 Å². The Morgan fingerprint density at radius 2 is 2.24 bits per heavy atom. The lowest BCUT2D eigenvalue weighted by atomic mass is 10.1. The highest BCUT2D eigenvalue weighted by Gasteiger charge is 2.20. The zero-order chi connectivity index (χ0) is 12.3. The molecule has 0 aromatic heterocycles. The maximum absolute atomic E-state index is 13.7. The van der Waals surface area contributed by atoms with Crippen molar-refractivity contribution in [2.45, 2.75) is 38.8 Å². The normalized spacial score (nSPS) is 23.9. The topological polar surface area (TPSA) is 21.3 Å². The maximum Gasteiger partial charge on any atom is 0.131 e. The highest BCUT2D eigenvalue weighted by atomic mass is 19.1. The third-order valence-electron chi connectivity index (χ3n) is 3.54. The van der Waals surface area contributed by atoms with Gasteiger partial charge in [-0.15, -0.1) is 0 Å². The molecule has 2 nitrogen and oxygen atoms in total. The number of hydrogen-bond acceptors (Lipinski definition) is 2. The molecule has 1 aromatic carbocycles. The lowest BCUT2D eigenvalue weighted by molar-refractivity contribution is 0.410. The lowest BCUT2D eigenvalue weighted by Gasteiger charge is -2.13. The van der Waals surface area contributed by atoms with Crippen molar-refractivity contribution in [1.82, 2.24) is 5.32 Å². The minimum atomic E-state index is -0.192. The molecule has 0 amide bonds. The van der Waals surface area contributed by atoms with Gasteiger partial charge >= 0.3 is 0 Å². The predicted octanol–water partition coefficient (Wildman–Crippen LogP) is 3.11. The van der Waals surface area contributed by atoms with E-state index in [1.807, 2.05) is 0 Å². The van der Waals surface area contributed by atoms with Crippen LogP contribution in [-0.2, 0) is 6.54 Å². The van der Waals surface area contributed by atoms with E-state index in [2.05, 4.69) is 12.2 Å². The molecule has 17 heavy (non-hydrogen) atoms. The fourth-order valence-electron chi connectivity index (χ4n) is 2.45. The van der Waals surface area contributed by atoms with Crippen molar-refractivity contribution >= 4 is 0 Å². The van der Waals surface area contributed by atoms with Crippen LogP contribution in [0.2, 0.25) is 0 Å². The van der Waals surface area contributed by atoms with Crippen molar-refractivity contribution in [2.24, 2.45) is 5.92 Å². The Bertz CT molecular complexity index is 380. The van der Waals surface area contributed by atoms with Crippen molar-refractivity contribution in [3.05, 3.63) is 29.6 Å². The van der Waals surface area contributed by atoms with E-state index < -0.39 is 0 Å². The number of nitrogens with one attached hydrogen (secondary N) is 1. The molecule has 1 aromatic rings. The smallest absolute Gasteiger partial charge is 0.131 e. The molecule has 1 fully saturated rings. The van der Waals surface area contributed by atoms with Crippen molar-refractivity contribution in [1.29, 1.82) is 0 Å². The number of halogens is 1. The Hall–Kier alpha value is -1.09. The van der Waals surface area contributed by atoms with Gasteiger partial charge in [-0.05, 0) is 31.2 Å². The zero-order valence-corrected chi connectivity index (χ0v) is 10.5. The van der Waals surface area contributed by atoms with Crippen LogP contribution in [0, 0.1) is 11.7 Å². The number of rotatable bonds is 4. The number of benzene rings is 1. The van der Waals surface area contributed by atoms with Crippen LogP contribution in [0.3, 0.4) is 0 Å². The Kier molecular flexibility index (Phi) is 4.00. The minimum absolute atomic E-state index is 0.192. The molecule has 1 N–H and O–H groups in total. The molecule has 1 aliphatic carbocycles. The molecular formula is C14H20FNO. The predicted molar refractivity (Wildman–Crippen MR) is 66.6 cm³/mol. The van der Waals surface area contributed by atoms with Gasteiger partial charge in [0.2, 0.25) is 0 Å². The second-order valence-electron chi connectivity index (χ2n) is 4.95. The zero-order valence-electron chi connectivity index (χ0n) is 10.5. The summed E-state index contributed by atoms with van der Waals surface area (Å²) in [6.45, 7) is 2.88. The molecule has 2 atom stereocenters. The molecule has 2 unspecified atom stereocenters. The molecule has 2 rings (SSSR count). The summed E-state index contributed by atoms with van der Waals surface area (Å²) in [6, 6.07) is 5.58. The summed E-state index contributed by atoms with van der Waals surface area (Å²) in [5.74, 6) is 1.18. The van der Waals surface area contributed by atoms with E-state index in [0.29, 0.717) is 23.9 Å². The van der Waals surface area contributed by atoms with Gasteiger partial charge in [0.1, 0.15) is 11.6 Å². The Labute approximate surface area is 102 Å². The molecule has 0 saturated heterocycles. The van der Waals surface area contributed by atoms with Crippen LogP contribution in [0.4, 0.5) is 4.39 Å². The first-order valence-corrected chi connectivity index (χ1v) is 6.25. The highest BCUT2D eigenvalue weighted by molar-refractivity contribution is 5.28. The van der Waals surface area contributed by atoms with E-state index in [1.165, 1.54) is 25.3 Å². The van der Waals surface area contributed by atoms with Gasteiger partial charge in [-0.3, -0.25) is 0 Å². The molecule has 0 bridgehead atoms. The van der Waals surface area contributed by atoms with Crippen LogP contribution < -0.4 is 10.1 Å². The minimum Gasteiger partial charge on any atom is -0.497 e. The largest absolute Gasteiger partial charge is 0.497 e. The summed E-state index contributed by atoms with van der Waals surface area (Å²) < 4.78 is 18.6. The first-order valence-electron chi connectivity index (χ1n) is 6.25. The van der Waals surface area contributed by atoms with Gasteiger partial charge in [-0.2, -0.15) is 0 Å². The Morgan fingerprint density at radius 3 is 2.82 bits per heavy atom. The van der Waals surface area contributed by atoms with Crippen LogP contribution in [0.1, 0.15) is 31.7 Å². The van der Waals surface area contributed by atoms with Gasteiger partial charge in [0, 0.05) is 24.2 Å². The number of ether oxygens (including phenoxy) is 1. The van der Waals surface area contributed by atoms with Gasteiger partial charge in [0.15, 0.2) is 0 Å². The standard InChI is InChI=1S/C14H20FNO/c1-10-3-5-12(7-10)16-9-11-4-6-13(17-2)8-14(11)15/h4,6,8,10,12,16H,3,5,7,9H2,1-2H3. The highest BCUT2D eigenvalue weighted by Crippen LogP contribution is 2.25. The third-order valence-corrected chi connectivity index (χ3v) is 3.54. The number of methoxy groups -OCH3 is 1. The fourth-order valence-corrected chi connectivity index (χ4v) is 2.45. The molecule has 1 saturated carbocycles. The van der Waals surface area contributed by atoms with Gasteiger partial charge < -0.3 is 10.1 Å². The number of hydrogen-bond donors (Lipinski definition) is 1. The summed E-state index contributed by atoms with van der Waals surface area (Å²) in [5, 5.41) is 3.43. The van der Waals surface area contributed by atoms with Crippen molar-refractivity contribution in [2.75, 3.05) is 7.11 Å². The molecule has 0 spiro atoms. The summed E-state index contributed by atoms with van der Waals surface area (Å²) in [7, 11) is 1.55. The molecule has 3 heteroatoms. The van der Waals surface area contributed by atoms with Gasteiger partial charge in [-0.25, -0.2) is 4.39 Å². The molecule has 0 heterocycles. The maximum atomic E-state index is 13.7. The van der Waals surface area contributed by atoms with Crippen LogP contribution in [-0.4, -0.2) is 13.2 Å². The molecule has 1 aliphatic rings. The average Bonchev–Trinajstić information content (AvgIpc) is 2.73. The molecule has 0 radical (unpaired) electrons.